The lowest BCUT2D eigenvalue weighted by molar-refractivity contribution is 0.159. The van der Waals surface area contributed by atoms with Crippen molar-refractivity contribution in [3.05, 3.63) is 0 Å². The minimum Gasteiger partial charge on any atom is -0.396 e. The van der Waals surface area contributed by atoms with Gasteiger partial charge in [0, 0.05) is 0 Å². The van der Waals surface area contributed by atoms with Gasteiger partial charge in [-0.25, -0.2) is 0 Å². The van der Waals surface area contributed by atoms with E-state index in [1.807, 2.05) is 13.8 Å². The van der Waals surface area contributed by atoms with Gasteiger partial charge in [-0.2, -0.15) is 0 Å². The Bertz CT molecular complexity index is 82.5. The zero-order chi connectivity index (χ0) is 6.41. The van der Waals surface area contributed by atoms with Crippen molar-refractivity contribution < 1.29 is 4.84 Å². The minimum atomic E-state index is 0.659. The number of hydrogen-bond donors (Lipinski definition) is 0. The van der Waals surface area contributed by atoms with Crippen LogP contribution < -0.4 is 0 Å². The molecule has 3 heteroatoms. The first-order valence-corrected chi connectivity index (χ1v) is 3.73. The number of nitrogens with zero attached hydrogens (tertiary/aromatic N) is 1. The fourth-order valence-electron chi connectivity index (χ4n) is 0.199. The molecule has 2 nitrogen and oxygen atoms in total. The molecule has 48 valence electrons. The zero-order valence-electron chi connectivity index (χ0n) is 5.15. The Labute approximate surface area is 63.4 Å². The van der Waals surface area contributed by atoms with E-state index in [-0.39, 0.29) is 0 Å². The summed E-state index contributed by atoms with van der Waals surface area (Å²) in [4.78, 5) is 4.77. The van der Waals surface area contributed by atoms with Crippen LogP contribution in [0, 0.1) is 0 Å². The van der Waals surface area contributed by atoms with Crippen LogP contribution >= 0.6 is 22.6 Å². The van der Waals surface area contributed by atoms with Gasteiger partial charge < -0.3 is 4.84 Å². The van der Waals surface area contributed by atoms with Crippen LogP contribution in [0.4, 0.5) is 0 Å². The molecule has 0 fully saturated rings. The van der Waals surface area contributed by atoms with E-state index >= 15 is 0 Å². The van der Waals surface area contributed by atoms with Gasteiger partial charge in [-0.3, -0.25) is 0 Å². The molecule has 0 atom stereocenters. The molecule has 0 N–H and O–H groups in total. The lowest BCUT2D eigenvalue weighted by Crippen LogP contribution is -1.85. The molecule has 0 amide bonds. The van der Waals surface area contributed by atoms with E-state index in [9.17, 15) is 0 Å². The van der Waals surface area contributed by atoms with Crippen LogP contribution in [-0.4, -0.2) is 10.3 Å². The van der Waals surface area contributed by atoms with Gasteiger partial charge in [0.25, 0.3) is 0 Å². The third-order valence-electron chi connectivity index (χ3n) is 0.584. The summed E-state index contributed by atoms with van der Waals surface area (Å²) < 4.78 is 1.02. The molecule has 0 aromatic carbocycles. The van der Waals surface area contributed by atoms with E-state index in [1.54, 1.807) is 0 Å². The highest BCUT2D eigenvalue weighted by atomic mass is 127. The molecule has 0 rings (SSSR count). The molecule has 0 radical (unpaired) electrons. The van der Waals surface area contributed by atoms with Gasteiger partial charge in [-0.1, -0.05) is 12.1 Å². The third kappa shape index (κ3) is 4.36. The maximum atomic E-state index is 4.77. The maximum absolute atomic E-state index is 4.77. The number of oxime groups is 1. The largest absolute Gasteiger partial charge is 0.396 e. The van der Waals surface area contributed by atoms with Crippen molar-refractivity contribution >= 4 is 26.3 Å². The average Bonchev–Trinajstić information content (AvgIpc) is 1.83. The van der Waals surface area contributed by atoms with Crippen LogP contribution in [0.1, 0.15) is 20.3 Å². The molecule has 0 unspecified atom stereocenters. The monoisotopic (exact) mass is 227 g/mol. The molecule has 0 spiro atoms. The lowest BCUT2D eigenvalue weighted by atomic mass is 10.6. The first-order valence-electron chi connectivity index (χ1n) is 2.65. The molecular formula is C5H10INO. The van der Waals surface area contributed by atoms with E-state index < -0.39 is 0 Å². The molecular weight excluding hydrogens is 217 g/mol. The summed E-state index contributed by atoms with van der Waals surface area (Å²) >= 11 is 2.15. The minimum absolute atomic E-state index is 0.659. The molecule has 8 heavy (non-hydrogen) atoms. The summed E-state index contributed by atoms with van der Waals surface area (Å²) in [6.07, 6.45) is 0.959. The Balaban J connectivity index is 3.26. The highest BCUT2D eigenvalue weighted by Gasteiger charge is 1.84. The van der Waals surface area contributed by atoms with Crippen LogP contribution in [0.3, 0.4) is 0 Å². The summed E-state index contributed by atoms with van der Waals surface area (Å²) in [5.41, 5.74) is 0. The van der Waals surface area contributed by atoms with Gasteiger partial charge in [-0.15, -0.1) is 0 Å². The topological polar surface area (TPSA) is 21.6 Å². The van der Waals surface area contributed by atoms with Crippen LogP contribution in [0.5, 0.6) is 0 Å². The fourth-order valence-corrected chi connectivity index (χ4v) is 0.338. The van der Waals surface area contributed by atoms with Crippen molar-refractivity contribution in [3.8, 4) is 0 Å². The van der Waals surface area contributed by atoms with E-state index in [0.717, 1.165) is 10.1 Å². The van der Waals surface area contributed by atoms with Crippen molar-refractivity contribution in [2.45, 2.75) is 20.3 Å². The molecule has 0 saturated carbocycles. The van der Waals surface area contributed by atoms with Crippen LogP contribution in [0.15, 0.2) is 5.16 Å². The molecule has 0 aliphatic heterocycles. The molecule has 0 aliphatic rings. The standard InChI is InChI=1S/C5H10INO/c1-3-5(6)7-8-4-2/h3-4H2,1-2H3/b7-5+. The Morgan fingerprint density at radius 2 is 2.25 bits per heavy atom. The summed E-state index contributed by atoms with van der Waals surface area (Å²) in [6, 6.07) is 0. The number of rotatable bonds is 3. The average molecular weight is 227 g/mol. The van der Waals surface area contributed by atoms with Crippen molar-refractivity contribution in [2.75, 3.05) is 6.61 Å². The predicted octanol–water partition coefficient (Wildman–Crippen LogP) is 2.18. The van der Waals surface area contributed by atoms with Gasteiger partial charge in [-0.05, 0) is 35.9 Å². The summed E-state index contributed by atoms with van der Waals surface area (Å²) in [6.45, 7) is 4.62. The summed E-state index contributed by atoms with van der Waals surface area (Å²) in [5, 5.41) is 3.76. The maximum Gasteiger partial charge on any atom is 0.117 e. The van der Waals surface area contributed by atoms with Gasteiger partial charge in [0.15, 0.2) is 0 Å². The van der Waals surface area contributed by atoms with Gasteiger partial charge >= 0.3 is 0 Å². The summed E-state index contributed by atoms with van der Waals surface area (Å²) in [5.74, 6) is 0. The molecule has 0 bridgehead atoms. The number of halogens is 1. The second-order valence-corrected chi connectivity index (χ2v) is 2.48. The fraction of sp³-hybridized carbons (Fsp3) is 0.800. The Hall–Kier alpha value is 0.200. The van der Waals surface area contributed by atoms with Gasteiger partial charge in [0.1, 0.15) is 10.3 Å². The SMILES string of the molecule is CCO/N=C(/I)CC. The Morgan fingerprint density at radius 1 is 1.62 bits per heavy atom. The van der Waals surface area contributed by atoms with E-state index in [4.69, 9.17) is 4.84 Å². The lowest BCUT2D eigenvalue weighted by Gasteiger charge is -1.91. The van der Waals surface area contributed by atoms with Crippen molar-refractivity contribution in [1.29, 1.82) is 0 Å². The first kappa shape index (κ1) is 8.20. The van der Waals surface area contributed by atoms with Crippen LogP contribution in [-0.2, 0) is 4.84 Å². The normalized spacial score (nSPS) is 11.6. The van der Waals surface area contributed by atoms with Gasteiger partial charge in [0.05, 0.1) is 0 Å². The van der Waals surface area contributed by atoms with Crippen molar-refractivity contribution in [3.63, 3.8) is 0 Å². The zero-order valence-corrected chi connectivity index (χ0v) is 7.31. The quantitative estimate of drug-likeness (QED) is 0.411. The molecule has 0 saturated heterocycles. The highest BCUT2D eigenvalue weighted by molar-refractivity contribution is 14.1. The first-order chi connectivity index (χ1) is 3.81. The van der Waals surface area contributed by atoms with E-state index in [0.29, 0.717) is 6.61 Å². The van der Waals surface area contributed by atoms with E-state index in [1.165, 1.54) is 0 Å². The Morgan fingerprint density at radius 3 is 2.62 bits per heavy atom. The molecule has 0 aromatic rings. The Kier molecular flexibility index (Phi) is 5.47. The molecule has 0 aliphatic carbocycles. The second kappa shape index (κ2) is 5.34. The molecule has 0 aromatic heterocycles. The van der Waals surface area contributed by atoms with E-state index in [2.05, 4.69) is 27.7 Å². The predicted molar refractivity (Wildman–Crippen MR) is 43.4 cm³/mol. The van der Waals surface area contributed by atoms with Crippen molar-refractivity contribution in [1.82, 2.24) is 0 Å². The van der Waals surface area contributed by atoms with Crippen LogP contribution in [0.25, 0.3) is 0 Å². The van der Waals surface area contributed by atoms with Crippen molar-refractivity contribution in [2.24, 2.45) is 5.16 Å². The second-order valence-electron chi connectivity index (χ2n) is 1.24. The van der Waals surface area contributed by atoms with Gasteiger partial charge in [0.2, 0.25) is 0 Å². The summed E-state index contributed by atoms with van der Waals surface area (Å²) in [7, 11) is 0. The third-order valence-corrected chi connectivity index (χ3v) is 1.54. The number of hydrogen-bond acceptors (Lipinski definition) is 2. The van der Waals surface area contributed by atoms with Crippen LogP contribution in [0.2, 0.25) is 0 Å². The highest BCUT2D eigenvalue weighted by Crippen LogP contribution is 1.95. The molecule has 0 heterocycles. The smallest absolute Gasteiger partial charge is 0.117 e.